The molecular formula is C16H26O2. The van der Waals surface area contributed by atoms with Gasteiger partial charge in [0.25, 0.3) is 0 Å². The third-order valence-corrected chi connectivity index (χ3v) is 2.88. The molecule has 0 spiro atoms. The maximum Gasteiger partial charge on any atom is 0.119 e. The summed E-state index contributed by atoms with van der Waals surface area (Å²) in [4.78, 5) is 0. The second-order valence-electron chi connectivity index (χ2n) is 4.54. The predicted octanol–water partition coefficient (Wildman–Crippen LogP) is 4.44. The molecule has 0 N–H and O–H groups in total. The molecule has 0 radical (unpaired) electrons. The van der Waals surface area contributed by atoms with Gasteiger partial charge in [-0.3, -0.25) is 0 Å². The first-order chi connectivity index (χ1) is 8.93. The van der Waals surface area contributed by atoms with Crippen molar-refractivity contribution in [2.24, 2.45) is 0 Å². The average Bonchev–Trinajstić information content (AvgIpc) is 2.42. The van der Waals surface area contributed by atoms with Crippen LogP contribution in [0, 0.1) is 0 Å². The number of hydrogen-bond acceptors (Lipinski definition) is 2. The molecule has 1 aromatic carbocycles. The average molecular weight is 250 g/mol. The summed E-state index contributed by atoms with van der Waals surface area (Å²) in [6.07, 6.45) is 7.86. The molecule has 0 aliphatic carbocycles. The Morgan fingerprint density at radius 3 is 2.28 bits per heavy atom. The highest BCUT2D eigenvalue weighted by Crippen LogP contribution is 2.08. The van der Waals surface area contributed by atoms with Gasteiger partial charge < -0.3 is 9.47 Å². The van der Waals surface area contributed by atoms with Crippen LogP contribution in [0.25, 0.3) is 0 Å². The smallest absolute Gasteiger partial charge is 0.119 e. The summed E-state index contributed by atoms with van der Waals surface area (Å²) in [5.41, 5.74) is 0. The maximum atomic E-state index is 5.54. The molecule has 0 aliphatic rings. The predicted molar refractivity (Wildman–Crippen MR) is 76.1 cm³/mol. The number of ether oxygens (including phenoxy) is 2. The van der Waals surface area contributed by atoms with E-state index in [0.29, 0.717) is 13.2 Å². The summed E-state index contributed by atoms with van der Waals surface area (Å²) < 4.78 is 11.1. The van der Waals surface area contributed by atoms with Crippen molar-refractivity contribution in [1.82, 2.24) is 0 Å². The van der Waals surface area contributed by atoms with E-state index >= 15 is 0 Å². The number of benzene rings is 1. The van der Waals surface area contributed by atoms with Crippen LogP contribution in [0.15, 0.2) is 30.3 Å². The molecular weight excluding hydrogens is 224 g/mol. The second kappa shape index (κ2) is 11.1. The normalized spacial score (nSPS) is 10.5. The van der Waals surface area contributed by atoms with Gasteiger partial charge in [-0.1, -0.05) is 57.2 Å². The van der Waals surface area contributed by atoms with E-state index in [-0.39, 0.29) is 0 Å². The van der Waals surface area contributed by atoms with Gasteiger partial charge in [0.15, 0.2) is 0 Å². The standard InChI is InChI=1S/C16H26O2/c1-2-3-4-5-6-10-13-17-14-15-18-16-11-8-7-9-12-16/h7-9,11-12H,2-6,10,13-15H2,1H3. The van der Waals surface area contributed by atoms with Gasteiger partial charge in [0, 0.05) is 6.61 Å². The molecule has 1 aromatic rings. The fraction of sp³-hybridized carbons (Fsp3) is 0.625. The molecule has 18 heavy (non-hydrogen) atoms. The molecule has 0 fully saturated rings. The quantitative estimate of drug-likeness (QED) is 0.540. The van der Waals surface area contributed by atoms with Crippen LogP contribution in [-0.4, -0.2) is 19.8 Å². The minimum absolute atomic E-state index is 0.639. The van der Waals surface area contributed by atoms with Crippen LogP contribution in [0.1, 0.15) is 45.4 Å². The number of para-hydroxylation sites is 1. The Morgan fingerprint density at radius 2 is 1.50 bits per heavy atom. The van der Waals surface area contributed by atoms with E-state index in [4.69, 9.17) is 9.47 Å². The van der Waals surface area contributed by atoms with Gasteiger partial charge >= 0.3 is 0 Å². The van der Waals surface area contributed by atoms with E-state index in [9.17, 15) is 0 Å². The summed E-state index contributed by atoms with van der Waals surface area (Å²) in [5, 5.41) is 0. The lowest BCUT2D eigenvalue weighted by molar-refractivity contribution is 0.0971. The summed E-state index contributed by atoms with van der Waals surface area (Å²) >= 11 is 0. The van der Waals surface area contributed by atoms with Crippen molar-refractivity contribution in [1.29, 1.82) is 0 Å². The van der Waals surface area contributed by atoms with Crippen LogP contribution in [0.3, 0.4) is 0 Å². The minimum atomic E-state index is 0.639. The topological polar surface area (TPSA) is 18.5 Å². The van der Waals surface area contributed by atoms with E-state index in [1.807, 2.05) is 30.3 Å². The van der Waals surface area contributed by atoms with E-state index in [2.05, 4.69) is 6.92 Å². The summed E-state index contributed by atoms with van der Waals surface area (Å²) in [6, 6.07) is 9.88. The monoisotopic (exact) mass is 250 g/mol. The van der Waals surface area contributed by atoms with Crippen molar-refractivity contribution in [2.45, 2.75) is 45.4 Å². The Bertz CT molecular complexity index is 272. The highest BCUT2D eigenvalue weighted by atomic mass is 16.5. The molecule has 0 saturated carbocycles. The molecule has 2 nitrogen and oxygen atoms in total. The zero-order valence-corrected chi connectivity index (χ0v) is 11.6. The SMILES string of the molecule is CCCCCCCCOCCOc1ccccc1. The molecule has 0 bridgehead atoms. The highest BCUT2D eigenvalue weighted by Gasteiger charge is 1.93. The molecule has 0 aliphatic heterocycles. The molecule has 0 unspecified atom stereocenters. The van der Waals surface area contributed by atoms with Crippen molar-refractivity contribution in [3.05, 3.63) is 30.3 Å². The van der Waals surface area contributed by atoms with E-state index < -0.39 is 0 Å². The van der Waals surface area contributed by atoms with Crippen LogP contribution in [0.5, 0.6) is 5.75 Å². The molecule has 0 saturated heterocycles. The van der Waals surface area contributed by atoms with E-state index in [1.54, 1.807) is 0 Å². The molecule has 0 aromatic heterocycles. The van der Waals surface area contributed by atoms with E-state index in [0.717, 1.165) is 12.4 Å². The Balaban J connectivity index is 1.82. The minimum Gasteiger partial charge on any atom is -0.491 e. The zero-order chi connectivity index (χ0) is 12.9. The van der Waals surface area contributed by atoms with Crippen molar-refractivity contribution in [3.8, 4) is 5.75 Å². The third kappa shape index (κ3) is 8.13. The van der Waals surface area contributed by atoms with Gasteiger partial charge in [-0.05, 0) is 18.6 Å². The third-order valence-electron chi connectivity index (χ3n) is 2.88. The van der Waals surface area contributed by atoms with E-state index in [1.165, 1.54) is 38.5 Å². The lowest BCUT2D eigenvalue weighted by Crippen LogP contribution is -2.07. The number of hydrogen-bond donors (Lipinski definition) is 0. The number of unbranched alkanes of at least 4 members (excludes halogenated alkanes) is 5. The van der Waals surface area contributed by atoms with Gasteiger partial charge in [0.2, 0.25) is 0 Å². The van der Waals surface area contributed by atoms with Crippen LogP contribution in [0.2, 0.25) is 0 Å². The van der Waals surface area contributed by atoms with Gasteiger partial charge in [0.05, 0.1) is 6.61 Å². The lowest BCUT2D eigenvalue weighted by atomic mass is 10.1. The first-order valence-electron chi connectivity index (χ1n) is 7.19. The first-order valence-corrected chi connectivity index (χ1v) is 7.19. The second-order valence-corrected chi connectivity index (χ2v) is 4.54. The zero-order valence-electron chi connectivity index (χ0n) is 11.6. The van der Waals surface area contributed by atoms with Gasteiger partial charge in [-0.2, -0.15) is 0 Å². The number of rotatable bonds is 11. The van der Waals surface area contributed by atoms with Crippen LogP contribution in [0.4, 0.5) is 0 Å². The fourth-order valence-corrected chi connectivity index (χ4v) is 1.82. The molecule has 0 amide bonds. The largest absolute Gasteiger partial charge is 0.491 e. The summed E-state index contributed by atoms with van der Waals surface area (Å²) in [7, 11) is 0. The molecule has 2 heteroatoms. The Morgan fingerprint density at radius 1 is 0.778 bits per heavy atom. The first kappa shape index (κ1) is 15.0. The van der Waals surface area contributed by atoms with Crippen LogP contribution < -0.4 is 4.74 Å². The molecule has 102 valence electrons. The Hall–Kier alpha value is -1.02. The van der Waals surface area contributed by atoms with Crippen molar-refractivity contribution in [2.75, 3.05) is 19.8 Å². The maximum absolute atomic E-state index is 5.54. The molecule has 1 rings (SSSR count). The van der Waals surface area contributed by atoms with Crippen molar-refractivity contribution in [3.63, 3.8) is 0 Å². The van der Waals surface area contributed by atoms with Gasteiger partial charge in [0.1, 0.15) is 12.4 Å². The summed E-state index contributed by atoms with van der Waals surface area (Å²) in [6.45, 7) is 4.43. The Labute approximate surface area is 111 Å². The lowest BCUT2D eigenvalue weighted by Gasteiger charge is -2.06. The fourth-order valence-electron chi connectivity index (χ4n) is 1.82. The van der Waals surface area contributed by atoms with Crippen LogP contribution in [-0.2, 0) is 4.74 Å². The summed E-state index contributed by atoms with van der Waals surface area (Å²) in [5.74, 6) is 0.917. The van der Waals surface area contributed by atoms with Crippen molar-refractivity contribution >= 4 is 0 Å². The van der Waals surface area contributed by atoms with Gasteiger partial charge in [-0.25, -0.2) is 0 Å². The molecule has 0 heterocycles. The van der Waals surface area contributed by atoms with Crippen molar-refractivity contribution < 1.29 is 9.47 Å². The molecule has 0 atom stereocenters. The van der Waals surface area contributed by atoms with Gasteiger partial charge in [-0.15, -0.1) is 0 Å². The Kier molecular flexibility index (Phi) is 9.27. The highest BCUT2D eigenvalue weighted by molar-refractivity contribution is 5.20. The van der Waals surface area contributed by atoms with Crippen LogP contribution >= 0.6 is 0 Å².